The van der Waals surface area contributed by atoms with E-state index in [1.54, 1.807) is 0 Å². The molecule has 0 radical (unpaired) electrons. The largest absolute Gasteiger partial charge is 0.380 e. The number of methoxy groups -OCH3 is 1. The molecule has 0 amide bonds. The minimum Gasteiger partial charge on any atom is -0.380 e. The topological polar surface area (TPSA) is 21.3 Å². The van der Waals surface area contributed by atoms with Gasteiger partial charge < -0.3 is 4.74 Å². The molecule has 1 aliphatic heterocycles. The first-order valence-electron chi connectivity index (χ1n) is 5.33. The van der Waals surface area contributed by atoms with Crippen LogP contribution in [0.4, 0.5) is 0 Å². The third-order valence-corrected chi connectivity index (χ3v) is 4.60. The van der Waals surface area contributed by atoms with Gasteiger partial charge in [-0.1, -0.05) is 18.4 Å². The molecule has 0 bridgehead atoms. The third kappa shape index (κ3) is 2.20. The number of rotatable bonds is 1. The van der Waals surface area contributed by atoms with E-state index >= 15 is 0 Å². The summed E-state index contributed by atoms with van der Waals surface area (Å²) in [6.45, 7) is 1.17. The van der Waals surface area contributed by atoms with Crippen molar-refractivity contribution in [1.82, 2.24) is 4.72 Å². The molecule has 3 atom stereocenters. The molecular weight excluding hydrogens is 182 g/mol. The Morgan fingerprint density at radius 2 is 2.08 bits per heavy atom. The Balaban J connectivity index is 2.00. The summed E-state index contributed by atoms with van der Waals surface area (Å²) in [6, 6.07) is 0. The highest BCUT2D eigenvalue weighted by Crippen LogP contribution is 2.37. The second kappa shape index (κ2) is 4.67. The summed E-state index contributed by atoms with van der Waals surface area (Å²) < 4.78 is 9.00. The molecule has 0 aromatic rings. The van der Waals surface area contributed by atoms with E-state index < -0.39 is 0 Å². The molecule has 1 saturated carbocycles. The summed E-state index contributed by atoms with van der Waals surface area (Å²) in [6.07, 6.45) is 7.26. The van der Waals surface area contributed by atoms with Crippen molar-refractivity contribution < 1.29 is 4.74 Å². The molecule has 2 nitrogen and oxygen atoms in total. The van der Waals surface area contributed by atoms with Crippen molar-refractivity contribution in [2.75, 3.05) is 13.7 Å². The van der Waals surface area contributed by atoms with Crippen LogP contribution in [0.5, 0.6) is 0 Å². The highest BCUT2D eigenvalue weighted by atomic mass is 32.2. The zero-order valence-corrected chi connectivity index (χ0v) is 9.11. The Kier molecular flexibility index (Phi) is 3.52. The standard InChI is InChI=1S/C10H19NOS/c1-12-9-6-2-4-8-5-3-7-11-13-10(8)9/h8-11H,2-7H2,1H3. The molecule has 1 heterocycles. The lowest BCUT2D eigenvalue weighted by atomic mass is 9.84. The minimum absolute atomic E-state index is 0.495. The molecule has 76 valence electrons. The monoisotopic (exact) mass is 201 g/mol. The van der Waals surface area contributed by atoms with Crippen LogP contribution in [0, 0.1) is 5.92 Å². The van der Waals surface area contributed by atoms with Crippen molar-refractivity contribution in [3.05, 3.63) is 0 Å². The fourth-order valence-electron chi connectivity index (χ4n) is 2.54. The quantitative estimate of drug-likeness (QED) is 0.657. The van der Waals surface area contributed by atoms with Crippen molar-refractivity contribution >= 4 is 11.9 Å². The van der Waals surface area contributed by atoms with Gasteiger partial charge in [0.2, 0.25) is 0 Å². The van der Waals surface area contributed by atoms with Gasteiger partial charge in [0, 0.05) is 18.9 Å². The molecule has 0 aromatic carbocycles. The summed E-state index contributed by atoms with van der Waals surface area (Å²) >= 11 is 1.93. The van der Waals surface area contributed by atoms with E-state index in [1.165, 1.54) is 38.6 Å². The molecule has 1 saturated heterocycles. The number of nitrogens with one attached hydrogen (secondary N) is 1. The molecule has 0 spiro atoms. The molecule has 2 fully saturated rings. The molecule has 1 N–H and O–H groups in total. The summed E-state index contributed by atoms with van der Waals surface area (Å²) in [5, 5.41) is 0.709. The molecule has 3 unspecified atom stereocenters. The maximum atomic E-state index is 5.56. The predicted molar refractivity (Wildman–Crippen MR) is 56.8 cm³/mol. The van der Waals surface area contributed by atoms with Gasteiger partial charge in [-0.15, -0.1) is 0 Å². The first kappa shape index (κ1) is 9.81. The summed E-state index contributed by atoms with van der Waals surface area (Å²) in [5.41, 5.74) is 0. The van der Waals surface area contributed by atoms with E-state index in [0.717, 1.165) is 5.92 Å². The lowest BCUT2D eigenvalue weighted by Gasteiger charge is -2.35. The fraction of sp³-hybridized carbons (Fsp3) is 1.00. The van der Waals surface area contributed by atoms with Crippen LogP contribution in [-0.4, -0.2) is 25.0 Å². The van der Waals surface area contributed by atoms with E-state index in [2.05, 4.69) is 4.72 Å². The van der Waals surface area contributed by atoms with E-state index in [1.807, 2.05) is 19.1 Å². The van der Waals surface area contributed by atoms with Crippen molar-refractivity contribution in [1.29, 1.82) is 0 Å². The van der Waals surface area contributed by atoms with E-state index in [-0.39, 0.29) is 0 Å². The van der Waals surface area contributed by atoms with Gasteiger partial charge in [0.25, 0.3) is 0 Å². The van der Waals surface area contributed by atoms with Crippen LogP contribution < -0.4 is 4.72 Å². The lowest BCUT2D eigenvalue weighted by molar-refractivity contribution is 0.0560. The van der Waals surface area contributed by atoms with Crippen molar-refractivity contribution in [2.24, 2.45) is 5.92 Å². The minimum atomic E-state index is 0.495. The zero-order valence-electron chi connectivity index (χ0n) is 8.29. The SMILES string of the molecule is COC1CCCC2CCCNSC21. The summed E-state index contributed by atoms with van der Waals surface area (Å²) in [7, 11) is 1.86. The van der Waals surface area contributed by atoms with Gasteiger partial charge in [-0.25, -0.2) is 0 Å². The Labute approximate surface area is 84.9 Å². The lowest BCUT2D eigenvalue weighted by Crippen LogP contribution is -2.36. The van der Waals surface area contributed by atoms with Gasteiger partial charge in [-0.2, -0.15) is 0 Å². The summed E-state index contributed by atoms with van der Waals surface area (Å²) in [4.78, 5) is 0. The van der Waals surface area contributed by atoms with Crippen molar-refractivity contribution in [3.8, 4) is 0 Å². The number of hydrogen-bond acceptors (Lipinski definition) is 3. The maximum absolute atomic E-state index is 5.56. The van der Waals surface area contributed by atoms with Gasteiger partial charge >= 0.3 is 0 Å². The predicted octanol–water partition coefficient (Wildman–Crippen LogP) is 2.20. The third-order valence-electron chi connectivity index (χ3n) is 3.27. The molecule has 0 aromatic heterocycles. The Bertz CT molecular complexity index is 165. The summed E-state index contributed by atoms with van der Waals surface area (Å²) in [5.74, 6) is 0.902. The van der Waals surface area contributed by atoms with Gasteiger partial charge in [-0.05, 0) is 31.6 Å². The van der Waals surface area contributed by atoms with E-state index in [9.17, 15) is 0 Å². The fourth-order valence-corrected chi connectivity index (χ4v) is 3.86. The zero-order chi connectivity index (χ0) is 9.10. The Morgan fingerprint density at radius 3 is 2.92 bits per heavy atom. The van der Waals surface area contributed by atoms with Crippen LogP contribution in [0.1, 0.15) is 32.1 Å². The van der Waals surface area contributed by atoms with Crippen LogP contribution in [0.3, 0.4) is 0 Å². The number of ether oxygens (including phenoxy) is 1. The highest BCUT2D eigenvalue weighted by molar-refractivity contribution is 7.98. The average Bonchev–Trinajstić information content (AvgIpc) is 2.41. The first-order valence-corrected chi connectivity index (χ1v) is 6.21. The second-order valence-corrected chi connectivity index (χ2v) is 5.15. The maximum Gasteiger partial charge on any atom is 0.0705 e. The normalized spacial score (nSPS) is 40.8. The van der Waals surface area contributed by atoms with Crippen LogP contribution in [0.2, 0.25) is 0 Å². The molecular formula is C10H19NOS. The Hall–Kier alpha value is 0.270. The van der Waals surface area contributed by atoms with Crippen molar-refractivity contribution in [3.63, 3.8) is 0 Å². The number of hydrogen-bond donors (Lipinski definition) is 1. The van der Waals surface area contributed by atoms with Crippen LogP contribution in [0.15, 0.2) is 0 Å². The highest BCUT2D eigenvalue weighted by Gasteiger charge is 2.34. The second-order valence-electron chi connectivity index (χ2n) is 4.08. The van der Waals surface area contributed by atoms with Gasteiger partial charge in [0.1, 0.15) is 0 Å². The van der Waals surface area contributed by atoms with Crippen LogP contribution in [-0.2, 0) is 4.74 Å². The smallest absolute Gasteiger partial charge is 0.0705 e. The van der Waals surface area contributed by atoms with Gasteiger partial charge in [0.05, 0.1) is 6.10 Å². The van der Waals surface area contributed by atoms with Crippen molar-refractivity contribution in [2.45, 2.75) is 43.5 Å². The molecule has 2 rings (SSSR count). The van der Waals surface area contributed by atoms with Crippen LogP contribution >= 0.6 is 11.9 Å². The Morgan fingerprint density at radius 1 is 1.23 bits per heavy atom. The molecule has 2 aliphatic rings. The molecule has 1 aliphatic carbocycles. The first-order chi connectivity index (χ1) is 6.42. The van der Waals surface area contributed by atoms with E-state index in [4.69, 9.17) is 4.74 Å². The number of fused-ring (bicyclic) bond motifs is 1. The van der Waals surface area contributed by atoms with Gasteiger partial charge in [0.15, 0.2) is 0 Å². The molecule has 13 heavy (non-hydrogen) atoms. The average molecular weight is 201 g/mol. The molecule has 3 heteroatoms. The van der Waals surface area contributed by atoms with E-state index in [0.29, 0.717) is 11.4 Å². The van der Waals surface area contributed by atoms with Gasteiger partial charge in [-0.3, -0.25) is 4.72 Å². The van der Waals surface area contributed by atoms with Crippen LogP contribution in [0.25, 0.3) is 0 Å².